The van der Waals surface area contributed by atoms with Crippen LogP contribution in [0.15, 0.2) is 0 Å². The second-order valence-electron chi connectivity index (χ2n) is 7.46. The van der Waals surface area contributed by atoms with Crippen LogP contribution in [0.1, 0.15) is 83.1 Å². The summed E-state index contributed by atoms with van der Waals surface area (Å²) in [5, 5.41) is 0. The first-order chi connectivity index (χ1) is 8.93. The van der Waals surface area contributed by atoms with Crippen molar-refractivity contribution in [2.75, 3.05) is 0 Å². The van der Waals surface area contributed by atoms with Crippen molar-refractivity contribution < 1.29 is 20.4 Å². The van der Waals surface area contributed by atoms with Crippen molar-refractivity contribution in [2.24, 2.45) is 0 Å². The van der Waals surface area contributed by atoms with Crippen molar-refractivity contribution in [3.8, 4) is 0 Å². The van der Waals surface area contributed by atoms with Crippen molar-refractivity contribution in [2.45, 2.75) is 117 Å². The van der Waals surface area contributed by atoms with E-state index in [0.29, 0.717) is 0 Å². The molecule has 0 saturated carbocycles. The standard InChI is InChI=1S/2C9H21P.Pd/c2*1-7(2)10(8(3)4)9(5)6;/h2*7-9H,1-6H3;. The molecule has 0 aliphatic heterocycles. The van der Waals surface area contributed by atoms with Gasteiger partial charge in [-0.15, -0.1) is 0 Å². The van der Waals surface area contributed by atoms with E-state index in [1.165, 1.54) is 0 Å². The van der Waals surface area contributed by atoms with Crippen molar-refractivity contribution in [1.29, 1.82) is 0 Å². The first kappa shape index (κ1) is 27.4. The van der Waals surface area contributed by atoms with Crippen LogP contribution in [0, 0.1) is 0 Å². The van der Waals surface area contributed by atoms with Crippen LogP contribution in [-0.4, -0.2) is 34.0 Å². The summed E-state index contributed by atoms with van der Waals surface area (Å²) >= 11 is 0. The molecule has 0 aliphatic carbocycles. The average molecular weight is 427 g/mol. The fourth-order valence-electron chi connectivity index (χ4n) is 3.58. The second-order valence-corrected chi connectivity index (χ2v) is 15.4. The van der Waals surface area contributed by atoms with Gasteiger partial charge in [-0.2, -0.15) is 0 Å². The van der Waals surface area contributed by atoms with Gasteiger partial charge in [0.15, 0.2) is 0 Å². The first-order valence-corrected chi connectivity index (χ1v) is 11.6. The Morgan fingerprint density at radius 2 is 0.429 bits per heavy atom. The van der Waals surface area contributed by atoms with Gasteiger partial charge in [0.1, 0.15) is 0 Å². The largest absolute Gasteiger partial charge is 0.0988 e. The molecule has 0 fully saturated rings. The van der Waals surface area contributed by atoms with E-state index in [9.17, 15) is 0 Å². The zero-order chi connectivity index (χ0) is 16.6. The van der Waals surface area contributed by atoms with Gasteiger partial charge in [0, 0.05) is 20.4 Å². The minimum atomic E-state index is 0. The van der Waals surface area contributed by atoms with E-state index in [-0.39, 0.29) is 36.3 Å². The SMILES string of the molecule is CC(C)P(C(C)C)C(C)C.CC(C)P(C(C)C)C(C)C.[Pd]. The molecule has 0 N–H and O–H groups in total. The van der Waals surface area contributed by atoms with E-state index < -0.39 is 0 Å². The third-order valence-electron chi connectivity index (χ3n) is 3.58. The maximum atomic E-state index is 2.35. The van der Waals surface area contributed by atoms with E-state index in [2.05, 4.69) is 83.1 Å². The zero-order valence-electron chi connectivity index (χ0n) is 16.7. The molecule has 0 aromatic carbocycles. The van der Waals surface area contributed by atoms with Crippen LogP contribution in [0.25, 0.3) is 0 Å². The van der Waals surface area contributed by atoms with Gasteiger partial charge in [-0.05, 0) is 34.0 Å². The summed E-state index contributed by atoms with van der Waals surface area (Å²) in [4.78, 5) is 0. The first-order valence-electron chi connectivity index (χ1n) is 8.48. The molecule has 0 amide bonds. The minimum Gasteiger partial charge on any atom is -0.0988 e. The predicted octanol–water partition coefficient (Wildman–Crippen LogP) is 7.38. The van der Waals surface area contributed by atoms with Gasteiger partial charge < -0.3 is 0 Å². The summed E-state index contributed by atoms with van der Waals surface area (Å²) in [6.07, 6.45) is 0. The third kappa shape index (κ3) is 12.6. The summed E-state index contributed by atoms with van der Waals surface area (Å²) in [6, 6.07) is 0. The minimum absolute atomic E-state index is 0. The molecule has 0 saturated heterocycles. The van der Waals surface area contributed by atoms with E-state index in [1.807, 2.05) is 0 Å². The topological polar surface area (TPSA) is 0 Å². The van der Waals surface area contributed by atoms with E-state index in [4.69, 9.17) is 0 Å². The molecule has 0 aromatic heterocycles. The fraction of sp³-hybridized carbons (Fsp3) is 1.00. The maximum Gasteiger partial charge on any atom is 0 e. The molecule has 0 bridgehead atoms. The molecular weight excluding hydrogens is 385 g/mol. The molecule has 134 valence electrons. The number of hydrogen-bond acceptors (Lipinski definition) is 0. The van der Waals surface area contributed by atoms with Crippen LogP contribution in [-0.2, 0) is 20.4 Å². The van der Waals surface area contributed by atoms with Crippen molar-refractivity contribution in [3.05, 3.63) is 0 Å². The van der Waals surface area contributed by atoms with Crippen molar-refractivity contribution >= 4 is 15.8 Å². The van der Waals surface area contributed by atoms with Crippen molar-refractivity contribution in [3.63, 3.8) is 0 Å². The Morgan fingerprint density at radius 1 is 0.333 bits per heavy atom. The Kier molecular flexibility index (Phi) is 18.1. The Balaban J connectivity index is -0.000000295. The van der Waals surface area contributed by atoms with Gasteiger partial charge in [-0.1, -0.05) is 98.9 Å². The van der Waals surface area contributed by atoms with E-state index >= 15 is 0 Å². The van der Waals surface area contributed by atoms with Crippen LogP contribution in [0.5, 0.6) is 0 Å². The second kappa shape index (κ2) is 13.9. The third-order valence-corrected chi connectivity index (χ3v) is 10.7. The normalized spacial score (nSPS) is 12.0. The smallest absolute Gasteiger partial charge is 0 e. The molecule has 0 rings (SSSR count). The monoisotopic (exact) mass is 426 g/mol. The summed E-state index contributed by atoms with van der Waals surface area (Å²) in [5.41, 5.74) is 5.39. The Hall–Kier alpha value is 1.52. The van der Waals surface area contributed by atoms with Crippen molar-refractivity contribution in [1.82, 2.24) is 0 Å². The summed E-state index contributed by atoms with van der Waals surface area (Å²) in [5.74, 6) is 0. The summed E-state index contributed by atoms with van der Waals surface area (Å²) < 4.78 is 0. The fourth-order valence-corrected chi connectivity index (χ4v) is 10.7. The molecule has 3 heteroatoms. The molecule has 0 atom stereocenters. The van der Waals surface area contributed by atoms with Gasteiger partial charge in [-0.25, -0.2) is 0 Å². The summed E-state index contributed by atoms with van der Waals surface area (Å²) in [6.45, 7) is 28.2. The Bertz CT molecular complexity index is 161. The summed E-state index contributed by atoms with van der Waals surface area (Å²) in [7, 11) is 0.525. The molecule has 0 nitrogen and oxygen atoms in total. The van der Waals surface area contributed by atoms with E-state index in [0.717, 1.165) is 34.0 Å². The van der Waals surface area contributed by atoms with Crippen LogP contribution in [0.3, 0.4) is 0 Å². The Labute approximate surface area is 153 Å². The van der Waals surface area contributed by atoms with Crippen LogP contribution < -0.4 is 0 Å². The zero-order valence-corrected chi connectivity index (χ0v) is 20.0. The van der Waals surface area contributed by atoms with Crippen LogP contribution >= 0.6 is 15.8 Å². The van der Waals surface area contributed by atoms with Gasteiger partial charge in [0.05, 0.1) is 0 Å². The molecule has 0 radical (unpaired) electrons. The molecular formula is C18H42P2Pd. The molecule has 0 spiro atoms. The molecule has 0 unspecified atom stereocenters. The van der Waals surface area contributed by atoms with Gasteiger partial charge in [0.25, 0.3) is 0 Å². The van der Waals surface area contributed by atoms with Gasteiger partial charge in [-0.3, -0.25) is 0 Å². The Morgan fingerprint density at radius 3 is 0.429 bits per heavy atom. The number of hydrogen-bond donors (Lipinski definition) is 0. The van der Waals surface area contributed by atoms with Gasteiger partial charge >= 0.3 is 0 Å². The molecule has 0 aliphatic rings. The predicted molar refractivity (Wildman–Crippen MR) is 105 cm³/mol. The van der Waals surface area contributed by atoms with Gasteiger partial charge in [0.2, 0.25) is 0 Å². The molecule has 21 heavy (non-hydrogen) atoms. The molecule has 0 heterocycles. The maximum absolute atomic E-state index is 2.35. The molecule has 0 aromatic rings. The number of rotatable bonds is 6. The van der Waals surface area contributed by atoms with Crippen LogP contribution in [0.4, 0.5) is 0 Å². The average Bonchev–Trinajstić information content (AvgIpc) is 2.12. The van der Waals surface area contributed by atoms with E-state index in [1.54, 1.807) is 0 Å². The van der Waals surface area contributed by atoms with Crippen LogP contribution in [0.2, 0.25) is 0 Å². The quantitative estimate of drug-likeness (QED) is 0.307.